The van der Waals surface area contributed by atoms with Gasteiger partial charge in [-0.15, -0.1) is 0 Å². The first kappa shape index (κ1) is 18.8. The van der Waals surface area contributed by atoms with Crippen molar-refractivity contribution in [1.82, 2.24) is 5.43 Å². The maximum absolute atomic E-state index is 12.7. The van der Waals surface area contributed by atoms with Gasteiger partial charge >= 0.3 is 0 Å². The Bertz CT molecular complexity index is 1140. The van der Waals surface area contributed by atoms with Gasteiger partial charge in [0.25, 0.3) is 11.8 Å². The number of hydrazine groups is 1. The first-order valence-electron chi connectivity index (χ1n) is 8.10. The van der Waals surface area contributed by atoms with Crippen LogP contribution in [0.25, 0.3) is 17.4 Å². The SMILES string of the molecule is O=C1NN(c2ccc(Cl)c(Cl)c2)C(=O)C1=Cc1ccc(-c2cccc(Br)c2)o1. The third-order valence-electron chi connectivity index (χ3n) is 4.08. The number of benzene rings is 2. The van der Waals surface area contributed by atoms with Gasteiger partial charge in [0.1, 0.15) is 17.1 Å². The van der Waals surface area contributed by atoms with Gasteiger partial charge < -0.3 is 4.42 Å². The second-order valence-electron chi connectivity index (χ2n) is 5.95. The van der Waals surface area contributed by atoms with Gasteiger partial charge in [-0.05, 0) is 48.5 Å². The number of carbonyl (C=O) groups is 2. The van der Waals surface area contributed by atoms with E-state index in [1.54, 1.807) is 24.3 Å². The van der Waals surface area contributed by atoms with Crippen molar-refractivity contribution < 1.29 is 14.0 Å². The third kappa shape index (κ3) is 3.58. The Morgan fingerprint density at radius 2 is 1.82 bits per heavy atom. The molecule has 0 saturated carbocycles. The highest BCUT2D eigenvalue weighted by atomic mass is 79.9. The summed E-state index contributed by atoms with van der Waals surface area (Å²) in [6.07, 6.45) is 1.41. The number of hydrogen-bond acceptors (Lipinski definition) is 3. The van der Waals surface area contributed by atoms with Crippen LogP contribution in [0.2, 0.25) is 10.0 Å². The fourth-order valence-electron chi connectivity index (χ4n) is 2.73. The predicted molar refractivity (Wildman–Crippen MR) is 112 cm³/mol. The number of amides is 2. The normalized spacial score (nSPS) is 15.4. The standard InChI is InChI=1S/C20H11BrCl2N2O3/c21-12-3-1-2-11(8-12)18-7-5-14(28-18)10-15-19(26)24-25(20(15)27)13-4-6-16(22)17(23)9-13/h1-10H,(H,24,26). The number of hydrogen-bond donors (Lipinski definition) is 1. The van der Waals surface area contributed by atoms with Crippen molar-refractivity contribution in [2.45, 2.75) is 0 Å². The second kappa shape index (κ2) is 7.47. The summed E-state index contributed by atoms with van der Waals surface area (Å²) in [5.74, 6) is -0.0231. The summed E-state index contributed by atoms with van der Waals surface area (Å²) >= 11 is 15.3. The zero-order chi connectivity index (χ0) is 19.8. The van der Waals surface area contributed by atoms with Gasteiger partial charge in [-0.2, -0.15) is 0 Å². The lowest BCUT2D eigenvalue weighted by Gasteiger charge is -2.15. The maximum atomic E-state index is 12.7. The van der Waals surface area contributed by atoms with Crippen LogP contribution in [-0.4, -0.2) is 11.8 Å². The molecule has 2 amide bonds. The average molecular weight is 478 g/mol. The zero-order valence-electron chi connectivity index (χ0n) is 14.1. The lowest BCUT2D eigenvalue weighted by Crippen LogP contribution is -2.35. The lowest BCUT2D eigenvalue weighted by molar-refractivity contribution is -0.117. The Balaban J connectivity index is 1.62. The second-order valence-corrected chi connectivity index (χ2v) is 7.68. The Hall–Kier alpha value is -2.54. The van der Waals surface area contributed by atoms with Gasteiger partial charge in [0.15, 0.2) is 0 Å². The van der Waals surface area contributed by atoms with Crippen LogP contribution in [0.3, 0.4) is 0 Å². The van der Waals surface area contributed by atoms with Crippen molar-refractivity contribution in [2.75, 3.05) is 5.01 Å². The number of furan rings is 1. The summed E-state index contributed by atoms with van der Waals surface area (Å²) in [4.78, 5) is 25.0. The molecule has 4 rings (SSSR count). The lowest BCUT2D eigenvalue weighted by atomic mass is 10.2. The molecule has 1 saturated heterocycles. The first-order valence-corrected chi connectivity index (χ1v) is 9.65. The van der Waals surface area contributed by atoms with E-state index in [-0.39, 0.29) is 10.6 Å². The monoisotopic (exact) mass is 476 g/mol. The van der Waals surface area contributed by atoms with Crippen LogP contribution in [0, 0.1) is 0 Å². The van der Waals surface area contributed by atoms with E-state index in [4.69, 9.17) is 27.6 Å². The van der Waals surface area contributed by atoms with Gasteiger partial charge in [0.2, 0.25) is 0 Å². The van der Waals surface area contributed by atoms with Crippen molar-refractivity contribution in [3.8, 4) is 11.3 Å². The number of nitrogens with zero attached hydrogens (tertiary/aromatic N) is 1. The first-order chi connectivity index (χ1) is 13.4. The number of nitrogens with one attached hydrogen (secondary N) is 1. The Labute approximate surface area is 178 Å². The highest BCUT2D eigenvalue weighted by Crippen LogP contribution is 2.30. The van der Waals surface area contributed by atoms with Gasteiger partial charge in [-0.1, -0.05) is 51.3 Å². The minimum atomic E-state index is -0.531. The Kier molecular flexibility index (Phi) is 5.02. The van der Waals surface area contributed by atoms with Gasteiger partial charge in [-0.3, -0.25) is 15.0 Å². The van der Waals surface area contributed by atoms with E-state index in [9.17, 15) is 9.59 Å². The zero-order valence-corrected chi connectivity index (χ0v) is 17.2. The van der Waals surface area contributed by atoms with Crippen molar-refractivity contribution in [1.29, 1.82) is 0 Å². The molecule has 5 nitrogen and oxygen atoms in total. The van der Waals surface area contributed by atoms with Crippen LogP contribution >= 0.6 is 39.1 Å². The van der Waals surface area contributed by atoms with Gasteiger partial charge in [0.05, 0.1) is 15.7 Å². The van der Waals surface area contributed by atoms with E-state index in [1.807, 2.05) is 24.3 Å². The minimum Gasteiger partial charge on any atom is -0.457 e. The molecule has 0 aliphatic carbocycles. The molecule has 1 N–H and O–H groups in total. The Morgan fingerprint density at radius 1 is 1.00 bits per heavy atom. The molecule has 3 aromatic rings. The summed E-state index contributed by atoms with van der Waals surface area (Å²) < 4.78 is 6.69. The number of carbonyl (C=O) groups excluding carboxylic acids is 2. The molecular formula is C20H11BrCl2N2O3. The maximum Gasteiger partial charge on any atom is 0.282 e. The van der Waals surface area contributed by atoms with Gasteiger partial charge in [-0.25, -0.2) is 5.01 Å². The van der Waals surface area contributed by atoms with E-state index >= 15 is 0 Å². The summed E-state index contributed by atoms with van der Waals surface area (Å²) in [6.45, 7) is 0. The smallest absolute Gasteiger partial charge is 0.282 e. The molecule has 0 atom stereocenters. The molecule has 1 aliphatic heterocycles. The van der Waals surface area contributed by atoms with Crippen LogP contribution in [0.4, 0.5) is 5.69 Å². The Morgan fingerprint density at radius 3 is 2.57 bits per heavy atom. The topological polar surface area (TPSA) is 62.6 Å². The quantitative estimate of drug-likeness (QED) is 0.401. The molecule has 1 fully saturated rings. The molecule has 140 valence electrons. The van der Waals surface area contributed by atoms with Crippen LogP contribution in [0.1, 0.15) is 5.76 Å². The van der Waals surface area contributed by atoms with Crippen molar-refractivity contribution in [3.63, 3.8) is 0 Å². The van der Waals surface area contributed by atoms with Crippen LogP contribution in [0.5, 0.6) is 0 Å². The molecule has 1 aliphatic rings. The number of halogens is 3. The number of rotatable bonds is 3. The molecule has 0 bridgehead atoms. The van der Waals surface area contributed by atoms with E-state index in [2.05, 4.69) is 21.4 Å². The molecule has 2 heterocycles. The van der Waals surface area contributed by atoms with E-state index in [0.717, 1.165) is 15.0 Å². The van der Waals surface area contributed by atoms with Crippen molar-refractivity contribution >= 4 is 62.7 Å². The van der Waals surface area contributed by atoms with E-state index < -0.39 is 11.8 Å². The highest BCUT2D eigenvalue weighted by Gasteiger charge is 2.35. The largest absolute Gasteiger partial charge is 0.457 e. The fraction of sp³-hybridized carbons (Fsp3) is 0. The van der Waals surface area contributed by atoms with E-state index in [0.29, 0.717) is 22.2 Å². The van der Waals surface area contributed by atoms with Crippen molar-refractivity contribution in [3.05, 3.63) is 80.4 Å². The van der Waals surface area contributed by atoms with E-state index in [1.165, 1.54) is 12.1 Å². The molecular weight excluding hydrogens is 467 g/mol. The molecule has 8 heteroatoms. The van der Waals surface area contributed by atoms with Crippen LogP contribution in [0.15, 0.2) is 69.1 Å². The van der Waals surface area contributed by atoms with Crippen LogP contribution < -0.4 is 10.4 Å². The van der Waals surface area contributed by atoms with Gasteiger partial charge in [0, 0.05) is 10.0 Å². The average Bonchev–Trinajstić information content (AvgIpc) is 3.24. The highest BCUT2D eigenvalue weighted by molar-refractivity contribution is 9.10. The molecule has 1 aromatic heterocycles. The van der Waals surface area contributed by atoms with Crippen molar-refractivity contribution in [2.24, 2.45) is 0 Å². The predicted octanol–water partition coefficient (Wildman–Crippen LogP) is 5.48. The number of anilines is 1. The summed E-state index contributed by atoms with van der Waals surface area (Å²) in [6, 6.07) is 15.7. The summed E-state index contributed by atoms with van der Waals surface area (Å²) in [5, 5.41) is 1.76. The molecule has 0 unspecified atom stereocenters. The molecule has 28 heavy (non-hydrogen) atoms. The minimum absolute atomic E-state index is 0.0405. The fourth-order valence-corrected chi connectivity index (χ4v) is 3.42. The summed E-state index contributed by atoms with van der Waals surface area (Å²) in [5.41, 5.74) is 3.75. The van der Waals surface area contributed by atoms with Crippen LogP contribution in [-0.2, 0) is 9.59 Å². The molecule has 0 radical (unpaired) electrons. The molecule has 2 aromatic carbocycles. The third-order valence-corrected chi connectivity index (χ3v) is 5.31. The summed E-state index contributed by atoms with van der Waals surface area (Å²) in [7, 11) is 0. The molecule has 0 spiro atoms.